The molecule has 0 spiro atoms. The predicted octanol–water partition coefficient (Wildman–Crippen LogP) is 2.35. The highest BCUT2D eigenvalue weighted by molar-refractivity contribution is 7.87. The van der Waals surface area contributed by atoms with Gasteiger partial charge in [0.15, 0.2) is 17.6 Å². The Morgan fingerprint density at radius 2 is 2.05 bits per heavy atom. The van der Waals surface area contributed by atoms with E-state index in [0.29, 0.717) is 10.8 Å². The van der Waals surface area contributed by atoms with Gasteiger partial charge < -0.3 is 9.47 Å². The minimum atomic E-state index is -5.64. The summed E-state index contributed by atoms with van der Waals surface area (Å²) in [5.74, 6) is 0.575. The second kappa shape index (κ2) is 5.30. The van der Waals surface area contributed by atoms with Crippen molar-refractivity contribution in [3.63, 3.8) is 0 Å². The van der Waals surface area contributed by atoms with Crippen molar-refractivity contribution in [3.05, 3.63) is 23.2 Å². The van der Waals surface area contributed by atoms with Crippen molar-refractivity contribution < 1.29 is 35.2 Å². The maximum Gasteiger partial charge on any atom is 0.523 e. The van der Waals surface area contributed by atoms with E-state index in [0.717, 1.165) is 0 Å². The number of hydrogen-bond donors (Lipinski definition) is 0. The third-order valence-electron chi connectivity index (χ3n) is 2.32. The van der Waals surface area contributed by atoms with Gasteiger partial charge in [-0.05, 0) is 12.1 Å². The number of alkyl halides is 3. The molecule has 1 atom stereocenters. The highest BCUT2D eigenvalue weighted by atomic mass is 35.5. The molecule has 112 valence electrons. The van der Waals surface area contributed by atoms with E-state index in [1.807, 2.05) is 0 Å². The maximum absolute atomic E-state index is 12.1. The second-order valence-electron chi connectivity index (χ2n) is 3.83. The Bertz CT molecular complexity index is 601. The third-order valence-corrected chi connectivity index (χ3v) is 3.57. The van der Waals surface area contributed by atoms with Gasteiger partial charge in [-0.3, -0.25) is 4.18 Å². The summed E-state index contributed by atoms with van der Waals surface area (Å²) in [7, 11) is -5.64. The predicted molar refractivity (Wildman–Crippen MR) is 62.3 cm³/mol. The van der Waals surface area contributed by atoms with Gasteiger partial charge in [-0.1, -0.05) is 11.6 Å². The summed E-state index contributed by atoms with van der Waals surface area (Å²) in [6.45, 7) is -0.954. The van der Waals surface area contributed by atoms with E-state index in [4.69, 9.17) is 21.1 Å². The van der Waals surface area contributed by atoms with E-state index in [-0.39, 0.29) is 12.4 Å². The average Bonchev–Trinajstić information content (AvgIpc) is 2.35. The minimum absolute atomic E-state index is 0.152. The van der Waals surface area contributed by atoms with E-state index in [1.54, 1.807) is 0 Å². The molecule has 0 aromatic heterocycles. The molecule has 0 fully saturated rings. The van der Waals surface area contributed by atoms with Gasteiger partial charge >= 0.3 is 15.6 Å². The molecule has 1 aliphatic rings. The first-order valence-electron chi connectivity index (χ1n) is 5.24. The first-order valence-corrected chi connectivity index (χ1v) is 7.02. The van der Waals surface area contributed by atoms with E-state index in [2.05, 4.69) is 4.18 Å². The van der Waals surface area contributed by atoms with Crippen LogP contribution < -0.4 is 9.47 Å². The Labute approximate surface area is 117 Å². The number of benzene rings is 1. The van der Waals surface area contributed by atoms with Crippen LogP contribution in [-0.4, -0.2) is 33.2 Å². The molecule has 0 amide bonds. The molecule has 0 saturated heterocycles. The van der Waals surface area contributed by atoms with Gasteiger partial charge in [-0.2, -0.15) is 21.6 Å². The van der Waals surface area contributed by atoms with Crippen molar-refractivity contribution in [2.75, 3.05) is 13.2 Å². The number of rotatable bonds is 3. The summed E-state index contributed by atoms with van der Waals surface area (Å²) in [5, 5.41) is 0.404. The zero-order chi connectivity index (χ0) is 15.0. The molecule has 10 heteroatoms. The fourth-order valence-electron chi connectivity index (χ4n) is 1.40. The van der Waals surface area contributed by atoms with Crippen LogP contribution in [-0.2, 0) is 14.3 Å². The van der Waals surface area contributed by atoms with E-state index in [9.17, 15) is 21.6 Å². The lowest BCUT2D eigenvalue weighted by Crippen LogP contribution is -2.36. The molecule has 2 rings (SSSR count). The molecular weight excluding hydrogens is 325 g/mol. The van der Waals surface area contributed by atoms with Crippen molar-refractivity contribution in [2.24, 2.45) is 0 Å². The highest BCUT2D eigenvalue weighted by Gasteiger charge is 2.47. The lowest BCUT2D eigenvalue weighted by atomic mass is 10.3. The van der Waals surface area contributed by atoms with Crippen molar-refractivity contribution in [2.45, 2.75) is 11.6 Å². The van der Waals surface area contributed by atoms with Gasteiger partial charge in [-0.15, -0.1) is 0 Å². The van der Waals surface area contributed by atoms with Crippen LogP contribution in [0, 0.1) is 0 Å². The van der Waals surface area contributed by atoms with E-state index in [1.165, 1.54) is 18.2 Å². The fraction of sp³-hybridized carbons (Fsp3) is 0.400. The molecule has 0 saturated carbocycles. The molecular formula is C10H8ClF3O5S. The Morgan fingerprint density at radius 1 is 1.35 bits per heavy atom. The summed E-state index contributed by atoms with van der Waals surface area (Å²) < 4.78 is 72.0. The molecule has 0 radical (unpaired) electrons. The van der Waals surface area contributed by atoms with Gasteiger partial charge in [0, 0.05) is 11.1 Å². The lowest BCUT2D eigenvalue weighted by molar-refractivity contribution is -0.0572. The van der Waals surface area contributed by atoms with Gasteiger partial charge in [0.2, 0.25) is 0 Å². The largest absolute Gasteiger partial charge is 0.523 e. The first kappa shape index (κ1) is 15.2. The quantitative estimate of drug-likeness (QED) is 0.628. The molecule has 0 N–H and O–H groups in total. The van der Waals surface area contributed by atoms with Gasteiger partial charge in [-0.25, -0.2) is 0 Å². The van der Waals surface area contributed by atoms with Crippen molar-refractivity contribution in [1.82, 2.24) is 0 Å². The molecule has 1 aromatic rings. The Kier molecular flexibility index (Phi) is 4.03. The van der Waals surface area contributed by atoms with Crippen LogP contribution >= 0.6 is 11.6 Å². The van der Waals surface area contributed by atoms with Crippen LogP contribution in [0.3, 0.4) is 0 Å². The van der Waals surface area contributed by atoms with Gasteiger partial charge in [0.25, 0.3) is 0 Å². The van der Waals surface area contributed by atoms with Crippen LogP contribution in [0.2, 0.25) is 5.02 Å². The first-order chi connectivity index (χ1) is 9.19. The van der Waals surface area contributed by atoms with E-state index < -0.39 is 28.3 Å². The fourth-order valence-corrected chi connectivity index (χ4v) is 2.03. The summed E-state index contributed by atoms with van der Waals surface area (Å²) in [6, 6.07) is 4.43. The van der Waals surface area contributed by atoms with Crippen LogP contribution in [0.1, 0.15) is 0 Å². The van der Waals surface area contributed by atoms with Crippen LogP contribution in [0.4, 0.5) is 13.2 Å². The topological polar surface area (TPSA) is 61.8 Å². The van der Waals surface area contributed by atoms with Crippen molar-refractivity contribution in [3.8, 4) is 11.5 Å². The number of halogens is 4. The van der Waals surface area contributed by atoms with Crippen molar-refractivity contribution >= 4 is 21.7 Å². The van der Waals surface area contributed by atoms with Crippen LogP contribution in [0.5, 0.6) is 11.5 Å². The summed E-state index contributed by atoms with van der Waals surface area (Å²) in [5.41, 5.74) is -5.46. The normalized spacial score (nSPS) is 18.9. The van der Waals surface area contributed by atoms with E-state index >= 15 is 0 Å². The minimum Gasteiger partial charge on any atom is -0.486 e. The van der Waals surface area contributed by atoms with Crippen LogP contribution in [0.15, 0.2) is 18.2 Å². The average molecular weight is 333 g/mol. The molecule has 1 unspecified atom stereocenters. The summed E-state index contributed by atoms with van der Waals surface area (Å²) in [6.07, 6.45) is -0.971. The lowest BCUT2D eigenvalue weighted by Gasteiger charge is -2.26. The highest BCUT2D eigenvalue weighted by Crippen LogP contribution is 2.34. The Balaban J connectivity index is 1.99. The third kappa shape index (κ3) is 3.28. The molecule has 5 nitrogen and oxygen atoms in total. The monoisotopic (exact) mass is 332 g/mol. The number of hydrogen-bond acceptors (Lipinski definition) is 5. The van der Waals surface area contributed by atoms with Crippen LogP contribution in [0.25, 0.3) is 0 Å². The maximum atomic E-state index is 12.1. The molecule has 20 heavy (non-hydrogen) atoms. The zero-order valence-electron chi connectivity index (χ0n) is 9.68. The van der Waals surface area contributed by atoms with Crippen molar-refractivity contribution in [1.29, 1.82) is 0 Å². The Hall–Kier alpha value is -1.19. The molecule has 1 heterocycles. The number of fused-ring (bicyclic) bond motifs is 1. The molecule has 0 bridgehead atoms. The summed E-state index contributed by atoms with van der Waals surface area (Å²) in [4.78, 5) is 0. The smallest absolute Gasteiger partial charge is 0.486 e. The Morgan fingerprint density at radius 3 is 2.70 bits per heavy atom. The number of ether oxygens (including phenoxy) is 2. The van der Waals surface area contributed by atoms with Gasteiger partial charge in [0.1, 0.15) is 13.2 Å². The molecule has 1 aromatic carbocycles. The van der Waals surface area contributed by atoms with Gasteiger partial charge in [0.05, 0.1) is 0 Å². The zero-order valence-corrected chi connectivity index (χ0v) is 11.3. The SMILES string of the molecule is O=S(=O)(OCC1COc2cc(Cl)ccc2O1)C(F)(F)F. The molecule has 1 aliphatic heterocycles. The molecule has 0 aliphatic carbocycles. The summed E-state index contributed by atoms with van der Waals surface area (Å²) >= 11 is 5.72. The second-order valence-corrected chi connectivity index (χ2v) is 5.87. The standard InChI is InChI=1S/C10H8ClF3O5S/c11-6-1-2-8-9(3-6)17-4-7(19-8)5-18-20(15,16)10(12,13)14/h1-3,7H,4-5H2.